The minimum Gasteiger partial charge on any atom is -0.296 e. The molecule has 0 saturated heterocycles. The second-order valence-corrected chi connectivity index (χ2v) is 5.66. The predicted molar refractivity (Wildman–Crippen MR) is 79.6 cm³/mol. The first kappa shape index (κ1) is 13.2. The van der Waals surface area contributed by atoms with E-state index >= 15 is 0 Å². The molecule has 8 heteroatoms. The van der Waals surface area contributed by atoms with Crippen LogP contribution in [0.4, 0.5) is 5.13 Å². The highest BCUT2D eigenvalue weighted by Gasteiger charge is 2.11. The van der Waals surface area contributed by atoms with Crippen LogP contribution in [0, 0.1) is 0 Å². The highest BCUT2D eigenvalue weighted by molar-refractivity contribution is 7.22. The predicted octanol–water partition coefficient (Wildman–Crippen LogP) is 3.65. The SMILES string of the molecule is O=C(Nc1nc2ccc(Cl)cc2s1)c1cnc(Cl)cn1. The average Bonchev–Trinajstić information content (AvgIpc) is 2.80. The molecule has 0 aliphatic rings. The molecule has 0 radical (unpaired) electrons. The number of halogens is 2. The van der Waals surface area contributed by atoms with E-state index in [-0.39, 0.29) is 16.8 Å². The lowest BCUT2D eigenvalue weighted by Crippen LogP contribution is -2.13. The number of amides is 1. The monoisotopic (exact) mass is 324 g/mol. The van der Waals surface area contributed by atoms with E-state index in [4.69, 9.17) is 23.2 Å². The van der Waals surface area contributed by atoms with Crippen LogP contribution < -0.4 is 5.32 Å². The van der Waals surface area contributed by atoms with Crippen LogP contribution in [0.2, 0.25) is 10.2 Å². The van der Waals surface area contributed by atoms with E-state index in [2.05, 4.69) is 20.3 Å². The van der Waals surface area contributed by atoms with Crippen molar-refractivity contribution in [2.45, 2.75) is 0 Å². The Morgan fingerprint density at radius 3 is 2.80 bits per heavy atom. The van der Waals surface area contributed by atoms with Crippen molar-refractivity contribution in [3.8, 4) is 0 Å². The molecule has 0 fully saturated rings. The summed E-state index contributed by atoms with van der Waals surface area (Å²) in [6.07, 6.45) is 2.62. The minimum atomic E-state index is -0.390. The van der Waals surface area contributed by atoms with Crippen LogP contribution >= 0.6 is 34.5 Å². The Balaban J connectivity index is 1.85. The van der Waals surface area contributed by atoms with Gasteiger partial charge in [-0.15, -0.1) is 0 Å². The lowest BCUT2D eigenvalue weighted by Gasteiger charge is -1.99. The normalized spacial score (nSPS) is 10.7. The van der Waals surface area contributed by atoms with Crippen molar-refractivity contribution in [2.24, 2.45) is 0 Å². The summed E-state index contributed by atoms with van der Waals surface area (Å²) < 4.78 is 0.898. The first-order valence-electron chi connectivity index (χ1n) is 5.47. The van der Waals surface area contributed by atoms with Gasteiger partial charge >= 0.3 is 0 Å². The van der Waals surface area contributed by atoms with Crippen molar-refractivity contribution >= 4 is 55.8 Å². The Hall–Kier alpha value is -1.76. The van der Waals surface area contributed by atoms with Crippen molar-refractivity contribution in [1.29, 1.82) is 0 Å². The second kappa shape index (κ2) is 5.32. The number of carbonyl (C=O) groups excluding carboxylic acids is 1. The molecular weight excluding hydrogens is 319 g/mol. The topological polar surface area (TPSA) is 67.8 Å². The van der Waals surface area contributed by atoms with Crippen molar-refractivity contribution in [3.05, 3.63) is 46.5 Å². The summed E-state index contributed by atoms with van der Waals surface area (Å²) in [7, 11) is 0. The average molecular weight is 325 g/mol. The van der Waals surface area contributed by atoms with Crippen LogP contribution in [0.1, 0.15) is 10.5 Å². The maximum Gasteiger partial charge on any atom is 0.277 e. The zero-order valence-corrected chi connectivity index (χ0v) is 12.1. The molecule has 1 aromatic carbocycles. The molecule has 1 N–H and O–H groups in total. The molecule has 3 rings (SSSR count). The summed E-state index contributed by atoms with van der Waals surface area (Å²) in [5.74, 6) is -0.390. The Morgan fingerprint density at radius 2 is 2.05 bits per heavy atom. The fourth-order valence-electron chi connectivity index (χ4n) is 1.54. The number of aromatic nitrogens is 3. The van der Waals surface area contributed by atoms with Crippen molar-refractivity contribution in [1.82, 2.24) is 15.0 Å². The molecule has 20 heavy (non-hydrogen) atoms. The Kier molecular flexibility index (Phi) is 3.52. The van der Waals surface area contributed by atoms with E-state index in [0.717, 1.165) is 10.2 Å². The largest absolute Gasteiger partial charge is 0.296 e. The van der Waals surface area contributed by atoms with Crippen molar-refractivity contribution in [3.63, 3.8) is 0 Å². The van der Waals surface area contributed by atoms with E-state index in [9.17, 15) is 4.79 Å². The van der Waals surface area contributed by atoms with Crippen LogP contribution in [0.3, 0.4) is 0 Å². The zero-order valence-electron chi connectivity index (χ0n) is 9.80. The van der Waals surface area contributed by atoms with Crippen LogP contribution in [0.25, 0.3) is 10.2 Å². The summed E-state index contributed by atoms with van der Waals surface area (Å²) in [5.41, 5.74) is 0.948. The standard InChI is InChI=1S/C12H6Cl2N4OS/c13-6-1-2-7-9(3-6)20-12(17-7)18-11(19)8-4-16-10(14)5-15-8/h1-5H,(H,17,18,19). The van der Waals surface area contributed by atoms with Gasteiger partial charge in [-0.25, -0.2) is 15.0 Å². The third kappa shape index (κ3) is 2.72. The highest BCUT2D eigenvalue weighted by Crippen LogP contribution is 2.28. The molecular formula is C12H6Cl2N4OS. The molecule has 1 amide bonds. The molecule has 2 aromatic heterocycles. The third-order valence-electron chi connectivity index (χ3n) is 2.42. The number of nitrogens with one attached hydrogen (secondary N) is 1. The van der Waals surface area contributed by atoms with Gasteiger partial charge in [0.05, 0.1) is 22.6 Å². The number of thiazole rings is 1. The molecule has 0 aliphatic carbocycles. The number of benzene rings is 1. The molecule has 0 aliphatic heterocycles. The van der Waals surface area contributed by atoms with E-state index in [1.54, 1.807) is 18.2 Å². The zero-order chi connectivity index (χ0) is 14.1. The van der Waals surface area contributed by atoms with E-state index in [0.29, 0.717) is 10.2 Å². The molecule has 0 bridgehead atoms. The summed E-state index contributed by atoms with van der Waals surface area (Å²) in [6.45, 7) is 0. The Bertz CT molecular complexity index is 788. The van der Waals surface area contributed by atoms with Gasteiger partial charge in [-0.1, -0.05) is 34.5 Å². The molecule has 3 aromatic rings. The van der Waals surface area contributed by atoms with Crippen molar-refractivity contribution < 1.29 is 4.79 Å². The number of hydrogen-bond acceptors (Lipinski definition) is 5. The van der Waals surface area contributed by atoms with Crippen LogP contribution in [0.15, 0.2) is 30.6 Å². The summed E-state index contributed by atoms with van der Waals surface area (Å²) in [5, 5.41) is 4.00. The van der Waals surface area contributed by atoms with E-state index in [1.807, 2.05) is 0 Å². The quantitative estimate of drug-likeness (QED) is 0.781. The Labute approximate surface area is 127 Å². The van der Waals surface area contributed by atoms with Gasteiger partial charge in [0.25, 0.3) is 5.91 Å². The van der Waals surface area contributed by atoms with Crippen LogP contribution in [-0.2, 0) is 0 Å². The fraction of sp³-hybridized carbons (Fsp3) is 0. The molecule has 0 atom stereocenters. The van der Waals surface area contributed by atoms with Gasteiger partial charge in [0, 0.05) is 5.02 Å². The summed E-state index contributed by atoms with van der Waals surface area (Å²) in [6, 6.07) is 5.35. The second-order valence-electron chi connectivity index (χ2n) is 3.81. The van der Waals surface area contributed by atoms with Crippen LogP contribution in [0.5, 0.6) is 0 Å². The van der Waals surface area contributed by atoms with Gasteiger partial charge in [-0.05, 0) is 18.2 Å². The maximum absolute atomic E-state index is 12.0. The van der Waals surface area contributed by atoms with Crippen LogP contribution in [-0.4, -0.2) is 20.9 Å². The van der Waals surface area contributed by atoms with Gasteiger partial charge < -0.3 is 0 Å². The van der Waals surface area contributed by atoms with Crippen molar-refractivity contribution in [2.75, 3.05) is 5.32 Å². The number of carbonyl (C=O) groups is 1. The van der Waals surface area contributed by atoms with Gasteiger partial charge in [0.1, 0.15) is 10.8 Å². The fourth-order valence-corrected chi connectivity index (χ4v) is 2.78. The summed E-state index contributed by atoms with van der Waals surface area (Å²) >= 11 is 12.9. The van der Waals surface area contributed by atoms with E-state index in [1.165, 1.54) is 23.7 Å². The lowest BCUT2D eigenvalue weighted by atomic mass is 10.3. The molecule has 0 saturated carbocycles. The first-order chi connectivity index (χ1) is 9.61. The number of hydrogen-bond donors (Lipinski definition) is 1. The molecule has 100 valence electrons. The molecule has 2 heterocycles. The maximum atomic E-state index is 12.0. The number of fused-ring (bicyclic) bond motifs is 1. The van der Waals surface area contributed by atoms with Gasteiger partial charge in [-0.2, -0.15) is 0 Å². The van der Waals surface area contributed by atoms with E-state index < -0.39 is 0 Å². The Morgan fingerprint density at radius 1 is 1.20 bits per heavy atom. The van der Waals surface area contributed by atoms with Gasteiger partial charge in [-0.3, -0.25) is 10.1 Å². The lowest BCUT2D eigenvalue weighted by molar-refractivity contribution is 0.102. The molecule has 0 unspecified atom stereocenters. The smallest absolute Gasteiger partial charge is 0.277 e. The minimum absolute atomic E-state index is 0.173. The highest BCUT2D eigenvalue weighted by atomic mass is 35.5. The van der Waals surface area contributed by atoms with Gasteiger partial charge in [0.2, 0.25) is 0 Å². The third-order valence-corrected chi connectivity index (χ3v) is 3.79. The number of nitrogens with zero attached hydrogens (tertiary/aromatic N) is 3. The van der Waals surface area contributed by atoms with Gasteiger partial charge in [0.15, 0.2) is 5.13 Å². The first-order valence-corrected chi connectivity index (χ1v) is 7.04. The number of rotatable bonds is 2. The summed E-state index contributed by atoms with van der Waals surface area (Å²) in [4.78, 5) is 23.9. The molecule has 5 nitrogen and oxygen atoms in total. The number of anilines is 1. The molecule has 0 spiro atoms.